The van der Waals surface area contributed by atoms with Crippen molar-refractivity contribution in [3.05, 3.63) is 226 Å². The summed E-state index contributed by atoms with van der Waals surface area (Å²) in [6, 6.07) is 46.9. The van der Waals surface area contributed by atoms with Gasteiger partial charge < -0.3 is 19.9 Å². The molecule has 10 aromatic rings. The molecule has 0 bridgehead atoms. The predicted octanol–water partition coefficient (Wildman–Crippen LogP) is 12.8. The molecule has 0 fully saturated rings. The van der Waals surface area contributed by atoms with Gasteiger partial charge in [0.05, 0.1) is 31.8 Å². The molecule has 0 aliphatic heterocycles. The normalized spacial score (nSPS) is 11.3. The van der Waals surface area contributed by atoms with E-state index in [2.05, 4.69) is 116 Å². The third kappa shape index (κ3) is 28.1. The zero-order chi connectivity index (χ0) is 79.5. The van der Waals surface area contributed by atoms with E-state index in [0.29, 0.717) is 63.5 Å². The summed E-state index contributed by atoms with van der Waals surface area (Å²) >= 11 is 0. The zero-order valence-electron chi connectivity index (χ0n) is 63.8. The minimum absolute atomic E-state index is 0.00346. The minimum Gasteiger partial charge on any atom is -0.496 e. The molecule has 0 saturated carbocycles. The molecule has 9 N–H and O–H groups in total. The molecule has 0 saturated heterocycles. The highest BCUT2D eigenvalue weighted by Gasteiger charge is 2.23. The number of aliphatic hydroxyl groups excluding tert-OH is 1. The second kappa shape index (κ2) is 43.6. The number of amides is 7. The van der Waals surface area contributed by atoms with Crippen molar-refractivity contribution in [2.24, 2.45) is 11.8 Å². The van der Waals surface area contributed by atoms with Gasteiger partial charge in [0.2, 0.25) is 65.3 Å². The van der Waals surface area contributed by atoms with Crippen LogP contribution in [0.2, 0.25) is 0 Å². The van der Waals surface area contributed by atoms with Crippen LogP contribution in [-0.2, 0) is 27.2 Å². The van der Waals surface area contributed by atoms with E-state index in [0.717, 1.165) is 73.6 Å². The summed E-state index contributed by atoms with van der Waals surface area (Å²) in [5.74, 6) is 1.28. The summed E-state index contributed by atoms with van der Waals surface area (Å²) in [7, 11) is 2.95. The van der Waals surface area contributed by atoms with Crippen molar-refractivity contribution in [2.45, 2.75) is 140 Å². The van der Waals surface area contributed by atoms with Gasteiger partial charge in [0, 0.05) is 29.4 Å². The molecule has 3 unspecified atom stereocenters. The first-order valence-corrected chi connectivity index (χ1v) is 35.9. The van der Waals surface area contributed by atoms with E-state index in [1.54, 1.807) is 113 Å². The van der Waals surface area contributed by atoms with Crippen molar-refractivity contribution >= 4 is 88.9 Å². The average molecular weight is 1500 g/mol. The van der Waals surface area contributed by atoms with Crippen LogP contribution in [0, 0.1) is 53.4 Å². The van der Waals surface area contributed by atoms with Gasteiger partial charge in [0.25, 0.3) is 23.6 Å². The monoisotopic (exact) mass is 1490 g/mol. The molecule has 30 heteroatoms. The SMILES string of the molecule is CCCCC(CC)C(=O)Nc1nc(C)nc(NC(=O)C(CC)CCCC)n1.COc1ccccc1C(=O)Nc1nc(C)nc(NC(=O)c2ccccc2OC)n1.Cc1cccc(C(=O)Nc2nc(C)nc(NC(=O)c3cccc(C)c3)n2)c1.Cc1nc(NC(=O)Cc2ccccc2)nc(NC(O)Cc2ccccc2)n1. The summed E-state index contributed by atoms with van der Waals surface area (Å²) in [6.45, 7) is 18.7. The number of carbonyl (C=O) groups is 7. The second-order valence-corrected chi connectivity index (χ2v) is 25.1. The van der Waals surface area contributed by atoms with Crippen LogP contribution in [0.4, 0.5) is 47.6 Å². The molecular weight excluding hydrogens is 1400 g/mol. The molecule has 110 heavy (non-hydrogen) atoms. The summed E-state index contributed by atoms with van der Waals surface area (Å²) in [6.07, 6.45) is 7.16. The standard InChI is InChI=1S/C20H19N5O4.C20H19N5O2.C20H21N5O2.C20H35N5O2/c1-12-21-19(23-17(26)13-8-4-6-10-15(13)28-2)25-20(22-12)24-18(27)14-9-5-7-11-16(14)29-3;1-12-6-4-8-15(10-12)17(26)23-19-21-14(3)22-20(25-19)24-18(27)16-9-5-7-13(2)11-16;1-14-21-19(23-17(26)12-15-8-4-2-5-9-15)25-20(22-14)24-18(27)13-16-10-6-3-7-11-16;1-6-10-12-15(8-3)17(26)23-19-21-14(5)22-20(25-19)24-18(27)16(9-4)13-11-7-2/h4-11H,1-3H3,(H2,21,22,23,24,25,26,27);4-11H,1-3H3,(H2,21,22,23,24,25,26,27);2-11,17,26H,12-13H2,1H3,(H2,21,22,23,24,25,27);15-16H,6-13H2,1-5H3,(H2,21,22,23,24,25,26,27). The van der Waals surface area contributed by atoms with E-state index in [1.165, 1.54) is 14.2 Å². The summed E-state index contributed by atoms with van der Waals surface area (Å²) in [5, 5.41) is 31.7. The van der Waals surface area contributed by atoms with Gasteiger partial charge in [-0.05, 0) is 127 Å². The fraction of sp³-hybridized carbons (Fsp3) is 0.312. The molecule has 0 aliphatic carbocycles. The Morgan fingerprint density at radius 2 is 0.709 bits per heavy atom. The van der Waals surface area contributed by atoms with Crippen molar-refractivity contribution in [1.82, 2.24) is 59.8 Å². The van der Waals surface area contributed by atoms with Gasteiger partial charge in [-0.2, -0.15) is 59.8 Å². The number of hydrogen-bond acceptors (Lipinski definition) is 23. The lowest BCUT2D eigenvalue weighted by Gasteiger charge is -2.15. The van der Waals surface area contributed by atoms with Crippen LogP contribution in [0.15, 0.2) is 158 Å². The van der Waals surface area contributed by atoms with Gasteiger partial charge in [-0.25, -0.2) is 0 Å². The Morgan fingerprint density at radius 3 is 1.08 bits per heavy atom. The van der Waals surface area contributed by atoms with Gasteiger partial charge in [0.1, 0.15) is 41.0 Å². The van der Waals surface area contributed by atoms with Crippen LogP contribution in [-0.4, -0.2) is 127 Å². The maximum atomic E-state index is 12.5. The molecule has 3 atom stereocenters. The van der Waals surface area contributed by atoms with Gasteiger partial charge in [-0.3, -0.25) is 70.8 Å². The van der Waals surface area contributed by atoms with E-state index in [1.807, 2.05) is 100 Å². The Hall–Kier alpha value is -13.0. The number of nitrogens with one attached hydrogen (secondary N) is 8. The maximum Gasteiger partial charge on any atom is 0.261 e. The Morgan fingerprint density at radius 1 is 0.373 bits per heavy atom. The Labute approximate surface area is 639 Å². The Kier molecular flexibility index (Phi) is 33.4. The van der Waals surface area contributed by atoms with E-state index in [4.69, 9.17) is 9.47 Å². The molecule has 6 aromatic carbocycles. The first kappa shape index (κ1) is 84.3. The molecular formula is C80H94N20O10. The Balaban J connectivity index is 0.000000204. The second-order valence-electron chi connectivity index (χ2n) is 25.1. The third-order valence-corrected chi connectivity index (χ3v) is 16.2. The lowest BCUT2D eigenvalue weighted by Crippen LogP contribution is -2.26. The van der Waals surface area contributed by atoms with E-state index >= 15 is 0 Å². The number of rotatable bonds is 29. The maximum absolute atomic E-state index is 12.5. The molecule has 30 nitrogen and oxygen atoms in total. The van der Waals surface area contributed by atoms with Crippen molar-refractivity contribution in [3.8, 4) is 11.5 Å². The van der Waals surface area contributed by atoms with Crippen LogP contribution < -0.4 is 52.0 Å². The van der Waals surface area contributed by atoms with Gasteiger partial charge >= 0.3 is 0 Å². The van der Waals surface area contributed by atoms with Crippen LogP contribution >= 0.6 is 0 Å². The fourth-order valence-corrected chi connectivity index (χ4v) is 10.7. The molecule has 0 spiro atoms. The largest absolute Gasteiger partial charge is 0.496 e. The highest BCUT2D eigenvalue weighted by atomic mass is 16.5. The van der Waals surface area contributed by atoms with Crippen LogP contribution in [0.25, 0.3) is 0 Å². The molecule has 4 heterocycles. The number of aromatic nitrogens is 12. The minimum atomic E-state index is -0.859. The highest BCUT2D eigenvalue weighted by Crippen LogP contribution is 2.23. The van der Waals surface area contributed by atoms with Crippen molar-refractivity contribution < 1.29 is 48.1 Å². The van der Waals surface area contributed by atoms with Gasteiger partial charge in [-0.15, -0.1) is 0 Å². The van der Waals surface area contributed by atoms with Gasteiger partial charge in [0.15, 0.2) is 0 Å². The van der Waals surface area contributed by atoms with E-state index < -0.39 is 18.0 Å². The number of methoxy groups -OCH3 is 2. The molecule has 574 valence electrons. The van der Waals surface area contributed by atoms with Crippen molar-refractivity contribution in [1.29, 1.82) is 0 Å². The van der Waals surface area contributed by atoms with Crippen LogP contribution in [0.3, 0.4) is 0 Å². The first-order valence-electron chi connectivity index (χ1n) is 35.9. The summed E-state index contributed by atoms with van der Waals surface area (Å²) in [5.41, 5.74) is 5.48. The molecule has 0 radical (unpaired) electrons. The first-order chi connectivity index (χ1) is 52.9. The third-order valence-electron chi connectivity index (χ3n) is 16.2. The quantitative estimate of drug-likeness (QED) is 0.0197. The topological polar surface area (TPSA) is 409 Å². The van der Waals surface area contributed by atoms with Crippen LogP contribution in [0.5, 0.6) is 11.5 Å². The zero-order valence-corrected chi connectivity index (χ0v) is 63.8. The molecule has 10 rings (SSSR count). The molecule has 4 aromatic heterocycles. The lowest BCUT2D eigenvalue weighted by molar-refractivity contribution is -0.121. The van der Waals surface area contributed by atoms with Crippen molar-refractivity contribution in [3.63, 3.8) is 0 Å². The number of carbonyl (C=O) groups excluding carboxylic acids is 7. The highest BCUT2D eigenvalue weighted by molar-refractivity contribution is 6.07. The number of aryl methyl sites for hydroxylation is 6. The molecule has 0 aliphatic rings. The number of hydrogen-bond donors (Lipinski definition) is 9. The molecule has 7 amide bonds. The van der Waals surface area contributed by atoms with Gasteiger partial charge in [-0.1, -0.05) is 174 Å². The number of unbranched alkanes of at least 4 members (excludes halogenated alkanes) is 2. The number of aliphatic hydroxyl groups is 1. The summed E-state index contributed by atoms with van der Waals surface area (Å²) < 4.78 is 10.4. The summed E-state index contributed by atoms with van der Waals surface area (Å²) in [4.78, 5) is 137. The smallest absolute Gasteiger partial charge is 0.261 e. The predicted molar refractivity (Wildman–Crippen MR) is 421 cm³/mol. The number of anilines is 8. The van der Waals surface area contributed by atoms with Crippen molar-refractivity contribution in [2.75, 3.05) is 56.8 Å². The number of para-hydroxylation sites is 2. The fourth-order valence-electron chi connectivity index (χ4n) is 10.7. The van der Waals surface area contributed by atoms with Crippen LogP contribution in [0.1, 0.15) is 166 Å². The van der Waals surface area contributed by atoms with E-state index in [9.17, 15) is 38.7 Å². The lowest BCUT2D eigenvalue weighted by atomic mass is 9.98. The Bertz CT molecular complexity index is 4520. The van der Waals surface area contributed by atoms with E-state index in [-0.39, 0.29) is 95.4 Å². The average Bonchev–Trinajstić information content (AvgIpc) is 0.847. The number of ether oxygens (including phenoxy) is 2. The number of nitrogens with zero attached hydrogens (tertiary/aromatic N) is 12. The number of benzene rings is 6.